The summed E-state index contributed by atoms with van der Waals surface area (Å²) in [6.45, 7) is 2.45. The molecule has 32 heavy (non-hydrogen) atoms. The van der Waals surface area contributed by atoms with Crippen LogP contribution in [0, 0.1) is 0 Å². The van der Waals surface area contributed by atoms with E-state index in [4.69, 9.17) is 21.3 Å². The third-order valence-electron chi connectivity index (χ3n) is 4.80. The second-order valence-electron chi connectivity index (χ2n) is 6.99. The molecule has 2 amide bonds. The number of carbonyl (C=O) groups excluding carboxylic acids is 1. The van der Waals surface area contributed by atoms with Gasteiger partial charge < -0.3 is 15.4 Å². The molecule has 0 saturated carbocycles. The molecule has 0 atom stereocenters. The Bertz CT molecular complexity index is 1260. The van der Waals surface area contributed by atoms with Gasteiger partial charge in [-0.05, 0) is 61.7 Å². The average molecular weight is 464 g/mol. The molecule has 1 heterocycles. The first-order chi connectivity index (χ1) is 15.6. The number of benzene rings is 3. The maximum atomic E-state index is 12.5. The Kier molecular flexibility index (Phi) is 6.83. The number of nitrogens with zero attached hydrogens (tertiary/aromatic N) is 1. The van der Waals surface area contributed by atoms with E-state index in [1.165, 1.54) is 0 Å². The third kappa shape index (κ3) is 5.15. The van der Waals surface area contributed by atoms with Crippen molar-refractivity contribution in [1.29, 1.82) is 0 Å². The maximum absolute atomic E-state index is 12.5. The van der Waals surface area contributed by atoms with E-state index in [2.05, 4.69) is 10.6 Å². The Morgan fingerprint density at radius 3 is 2.47 bits per heavy atom. The third-order valence-corrected chi connectivity index (χ3v) is 5.77. The van der Waals surface area contributed by atoms with Crippen LogP contribution in [0.3, 0.4) is 0 Å². The summed E-state index contributed by atoms with van der Waals surface area (Å²) < 4.78 is 5.89. The van der Waals surface area contributed by atoms with E-state index in [9.17, 15) is 4.79 Å². The first-order valence-electron chi connectivity index (χ1n) is 10.1. The molecule has 5 nitrogen and oxygen atoms in total. The number of hydrogen-bond donors (Lipinski definition) is 2. The number of urea groups is 1. The van der Waals surface area contributed by atoms with E-state index in [0.29, 0.717) is 23.1 Å². The number of anilines is 2. The van der Waals surface area contributed by atoms with Gasteiger partial charge in [0.25, 0.3) is 0 Å². The standard InChI is InChI=1S/C25H22ClN3O2S/c1-3-31-24-15-23(16-7-9-17(26)10-8-16)29-22-12-11-19(14-21(22)24)28-25(30)27-18-5-4-6-20(13-18)32-2/h4-15H,3H2,1-2H3,(H2,27,28,30). The molecular weight excluding hydrogens is 442 g/mol. The second kappa shape index (κ2) is 9.94. The fraction of sp³-hybridized carbons (Fsp3) is 0.120. The Balaban J connectivity index is 1.61. The normalized spacial score (nSPS) is 10.7. The van der Waals surface area contributed by atoms with E-state index in [0.717, 1.165) is 32.7 Å². The van der Waals surface area contributed by atoms with Crippen molar-refractivity contribution in [2.24, 2.45) is 0 Å². The number of hydrogen-bond acceptors (Lipinski definition) is 4. The predicted octanol–water partition coefficient (Wildman–Crippen LogP) is 7.32. The van der Waals surface area contributed by atoms with Crippen LogP contribution in [0.1, 0.15) is 6.92 Å². The number of amides is 2. The van der Waals surface area contributed by atoms with Gasteiger partial charge in [-0.25, -0.2) is 9.78 Å². The Hall–Kier alpha value is -3.22. The van der Waals surface area contributed by atoms with Gasteiger partial charge in [0.2, 0.25) is 0 Å². The molecule has 4 rings (SSSR count). The summed E-state index contributed by atoms with van der Waals surface area (Å²) in [5, 5.41) is 7.25. The van der Waals surface area contributed by atoms with Crippen molar-refractivity contribution in [2.75, 3.05) is 23.5 Å². The lowest BCUT2D eigenvalue weighted by molar-refractivity contribution is 0.262. The molecule has 0 aliphatic carbocycles. The summed E-state index contributed by atoms with van der Waals surface area (Å²) in [6, 6.07) is 22.4. The first-order valence-corrected chi connectivity index (χ1v) is 11.7. The van der Waals surface area contributed by atoms with E-state index < -0.39 is 0 Å². The first kappa shape index (κ1) is 22.0. The number of ether oxygens (including phenoxy) is 1. The van der Waals surface area contributed by atoms with Crippen LogP contribution in [0.4, 0.5) is 16.2 Å². The summed E-state index contributed by atoms with van der Waals surface area (Å²) in [5.41, 5.74) is 3.91. The fourth-order valence-corrected chi connectivity index (χ4v) is 3.90. The van der Waals surface area contributed by atoms with Crippen LogP contribution < -0.4 is 15.4 Å². The Morgan fingerprint density at radius 2 is 1.75 bits per heavy atom. The zero-order valence-corrected chi connectivity index (χ0v) is 19.3. The van der Waals surface area contributed by atoms with Crippen LogP contribution in [0.2, 0.25) is 5.02 Å². The van der Waals surface area contributed by atoms with E-state index in [1.54, 1.807) is 11.8 Å². The molecule has 0 radical (unpaired) electrons. The highest BCUT2D eigenvalue weighted by molar-refractivity contribution is 7.98. The lowest BCUT2D eigenvalue weighted by Crippen LogP contribution is -2.19. The number of nitrogens with one attached hydrogen (secondary N) is 2. The summed E-state index contributed by atoms with van der Waals surface area (Å²) in [6.07, 6.45) is 2.00. The Labute approximate surface area is 196 Å². The molecule has 0 aliphatic rings. The molecule has 0 saturated heterocycles. The topological polar surface area (TPSA) is 63.2 Å². The highest BCUT2D eigenvalue weighted by Gasteiger charge is 2.11. The number of pyridine rings is 1. The van der Waals surface area contributed by atoms with Gasteiger partial charge in [0.1, 0.15) is 5.75 Å². The van der Waals surface area contributed by atoms with Crippen molar-refractivity contribution < 1.29 is 9.53 Å². The predicted molar refractivity (Wildman–Crippen MR) is 134 cm³/mol. The van der Waals surface area contributed by atoms with Crippen LogP contribution >= 0.6 is 23.4 Å². The smallest absolute Gasteiger partial charge is 0.323 e. The molecule has 0 aliphatic heterocycles. The minimum atomic E-state index is -0.314. The van der Waals surface area contributed by atoms with Crippen molar-refractivity contribution in [1.82, 2.24) is 4.98 Å². The summed E-state index contributed by atoms with van der Waals surface area (Å²) in [7, 11) is 0. The lowest BCUT2D eigenvalue weighted by Gasteiger charge is -2.13. The number of fused-ring (bicyclic) bond motifs is 1. The van der Waals surface area contributed by atoms with Gasteiger partial charge >= 0.3 is 6.03 Å². The van der Waals surface area contributed by atoms with Crippen molar-refractivity contribution in [3.63, 3.8) is 0 Å². The Morgan fingerprint density at radius 1 is 1.00 bits per heavy atom. The van der Waals surface area contributed by atoms with E-state index in [-0.39, 0.29) is 6.03 Å². The van der Waals surface area contributed by atoms with E-state index in [1.807, 2.05) is 86.0 Å². The number of halogens is 1. The monoisotopic (exact) mass is 463 g/mol. The minimum Gasteiger partial charge on any atom is -0.493 e. The molecule has 0 unspecified atom stereocenters. The highest BCUT2D eigenvalue weighted by atomic mass is 35.5. The molecule has 4 aromatic rings. The van der Waals surface area contributed by atoms with Crippen molar-refractivity contribution in [3.05, 3.63) is 77.8 Å². The zero-order chi connectivity index (χ0) is 22.5. The van der Waals surface area contributed by atoms with Gasteiger partial charge in [0.15, 0.2) is 0 Å². The summed E-state index contributed by atoms with van der Waals surface area (Å²) in [4.78, 5) is 18.4. The number of thioether (sulfide) groups is 1. The molecule has 0 spiro atoms. The number of aromatic nitrogens is 1. The molecular formula is C25H22ClN3O2S. The lowest BCUT2D eigenvalue weighted by atomic mass is 10.1. The van der Waals surface area contributed by atoms with Gasteiger partial charge in [-0.3, -0.25) is 0 Å². The second-order valence-corrected chi connectivity index (χ2v) is 8.30. The van der Waals surface area contributed by atoms with Gasteiger partial charge in [0, 0.05) is 38.3 Å². The van der Waals surface area contributed by atoms with Gasteiger partial charge in [0.05, 0.1) is 17.8 Å². The zero-order valence-electron chi connectivity index (χ0n) is 17.7. The molecule has 7 heteroatoms. The van der Waals surface area contributed by atoms with E-state index >= 15 is 0 Å². The highest BCUT2D eigenvalue weighted by Crippen LogP contribution is 2.32. The van der Waals surface area contributed by atoms with Crippen LogP contribution in [0.5, 0.6) is 5.75 Å². The number of carbonyl (C=O) groups is 1. The van der Waals surface area contributed by atoms with Crippen LogP contribution in [-0.2, 0) is 0 Å². The molecule has 0 fully saturated rings. The van der Waals surface area contributed by atoms with Crippen LogP contribution in [0.15, 0.2) is 77.7 Å². The van der Waals surface area contributed by atoms with Crippen molar-refractivity contribution in [3.8, 4) is 17.0 Å². The molecule has 3 aromatic carbocycles. The van der Waals surface area contributed by atoms with Crippen LogP contribution in [-0.4, -0.2) is 23.9 Å². The van der Waals surface area contributed by atoms with Gasteiger partial charge in [-0.2, -0.15) is 0 Å². The fourth-order valence-electron chi connectivity index (χ4n) is 3.31. The SMILES string of the molecule is CCOc1cc(-c2ccc(Cl)cc2)nc2ccc(NC(=O)Nc3cccc(SC)c3)cc12. The summed E-state index contributed by atoms with van der Waals surface area (Å²) in [5.74, 6) is 0.708. The minimum absolute atomic E-state index is 0.314. The van der Waals surface area contributed by atoms with Crippen molar-refractivity contribution in [2.45, 2.75) is 11.8 Å². The average Bonchev–Trinajstić information content (AvgIpc) is 2.80. The molecule has 2 N–H and O–H groups in total. The summed E-state index contributed by atoms with van der Waals surface area (Å²) >= 11 is 7.64. The molecule has 162 valence electrons. The van der Waals surface area contributed by atoms with Gasteiger partial charge in [-0.15, -0.1) is 11.8 Å². The maximum Gasteiger partial charge on any atom is 0.323 e. The number of rotatable bonds is 6. The van der Waals surface area contributed by atoms with Gasteiger partial charge in [-0.1, -0.05) is 29.8 Å². The largest absolute Gasteiger partial charge is 0.493 e. The molecule has 1 aromatic heterocycles. The quantitative estimate of drug-likeness (QED) is 0.294. The van der Waals surface area contributed by atoms with Crippen molar-refractivity contribution >= 4 is 51.7 Å². The van der Waals surface area contributed by atoms with Crippen LogP contribution in [0.25, 0.3) is 22.2 Å². The molecule has 0 bridgehead atoms.